The molecule has 4 atom stereocenters. The van der Waals surface area contributed by atoms with Crippen molar-refractivity contribution in [1.29, 1.82) is 0 Å². The van der Waals surface area contributed by atoms with Gasteiger partial charge in [-0.25, -0.2) is 0 Å². The second-order valence-electron chi connectivity index (χ2n) is 13.6. The Balaban J connectivity index is 0.000000303. The molecule has 4 unspecified atom stereocenters. The van der Waals surface area contributed by atoms with Crippen molar-refractivity contribution in [2.45, 2.75) is 129 Å². The van der Waals surface area contributed by atoms with Gasteiger partial charge in [-0.2, -0.15) is 23.3 Å². The summed E-state index contributed by atoms with van der Waals surface area (Å²) in [6, 6.07) is 22.3. The zero-order valence-electron chi connectivity index (χ0n) is 31.4. The third-order valence-corrected chi connectivity index (χ3v) is 14.7. The number of allylic oxidation sites excluding steroid dienone is 12. The Morgan fingerprint density at radius 3 is 1.24 bits per heavy atom. The van der Waals surface area contributed by atoms with Crippen LogP contribution in [-0.2, 0) is 23.3 Å². The number of hydrogen-bond acceptors (Lipinski definition) is 0. The van der Waals surface area contributed by atoms with E-state index in [1.165, 1.54) is 110 Å². The normalized spacial score (nSPS) is 20.9. The predicted molar refractivity (Wildman–Crippen MR) is 215 cm³/mol. The molecule has 268 valence electrons. The fraction of sp³-hybridized carbons (Fsp3) is 0.455. The first-order valence-electron chi connectivity index (χ1n) is 18.7. The van der Waals surface area contributed by atoms with Crippen LogP contribution in [0.15, 0.2) is 118 Å². The van der Waals surface area contributed by atoms with Crippen LogP contribution in [0.2, 0.25) is 13.1 Å². The number of rotatable bonds is 14. The van der Waals surface area contributed by atoms with Crippen LogP contribution in [0.1, 0.15) is 105 Å². The number of unbranched alkanes of at least 4 members (excludes halogenated alkanes) is 4. The van der Waals surface area contributed by atoms with Crippen molar-refractivity contribution in [3.05, 3.63) is 130 Å². The maximum atomic E-state index is 3.70. The van der Waals surface area contributed by atoms with Crippen molar-refractivity contribution in [2.24, 2.45) is 0 Å². The number of fused-ring (bicyclic) bond motifs is 2. The summed E-state index contributed by atoms with van der Waals surface area (Å²) in [5.74, 6) is 0. The average molecular weight is 839 g/mol. The van der Waals surface area contributed by atoms with E-state index in [1.54, 1.807) is 34.0 Å². The first-order chi connectivity index (χ1) is 23.4. The van der Waals surface area contributed by atoms with E-state index in [9.17, 15) is 0 Å². The molecule has 0 radical (unpaired) electrons. The molecule has 2 aromatic rings. The van der Waals surface area contributed by atoms with Gasteiger partial charge in [0, 0.05) is 0 Å². The maximum Gasteiger partial charge on any atom is -1.00 e. The van der Waals surface area contributed by atoms with Gasteiger partial charge >= 0.3 is 41.9 Å². The molecule has 0 amide bonds. The third kappa shape index (κ3) is 13.4. The van der Waals surface area contributed by atoms with Crippen molar-refractivity contribution in [3.63, 3.8) is 0 Å². The summed E-state index contributed by atoms with van der Waals surface area (Å²) in [5, 5.41) is 6.26. The molecule has 2 aliphatic heterocycles. The Kier molecular flexibility index (Phi) is 22.5. The number of halogens is 2. The summed E-state index contributed by atoms with van der Waals surface area (Å²) in [4.78, 5) is 0. The zero-order chi connectivity index (χ0) is 34.3. The minimum absolute atomic E-state index is 0. The fourth-order valence-corrected chi connectivity index (χ4v) is 12.5. The van der Waals surface area contributed by atoms with Gasteiger partial charge in [0.2, 0.25) is 0 Å². The molecule has 0 saturated heterocycles. The second-order valence-corrected chi connectivity index (χ2v) is 27.7. The largest absolute Gasteiger partial charge is 1.00 e. The number of hydrogen-bond donors (Lipinski definition) is 0. The molecule has 2 aromatic carbocycles. The molecule has 2 aliphatic carbocycles. The quantitative estimate of drug-likeness (QED) is 0.109. The first-order valence-corrected chi connectivity index (χ1v) is 27.7. The SMILES string of the molecule is CCCCC1=[C-]C2=CC(CCCC)P(c3ccccc3)C2=C1.CCCCC1=[C-]C2=CC(CCCC)P(c3ccccc3)C2=C1.C[Si](C)=[Zr+2].[Cl-].[Cl-]. The van der Waals surface area contributed by atoms with Gasteiger partial charge in [-0.05, 0) is 34.8 Å². The predicted octanol–water partition coefficient (Wildman–Crippen LogP) is 7.01. The van der Waals surface area contributed by atoms with Gasteiger partial charge in [0.25, 0.3) is 0 Å². The van der Waals surface area contributed by atoms with Gasteiger partial charge in [-0.15, -0.1) is 46.1 Å². The van der Waals surface area contributed by atoms with E-state index < -0.39 is 0 Å². The molecular weight excluding hydrogens is 781 g/mol. The summed E-state index contributed by atoms with van der Waals surface area (Å²) in [5.41, 5.74) is 7.35. The second kappa shape index (κ2) is 24.7. The Morgan fingerprint density at radius 1 is 0.580 bits per heavy atom. The van der Waals surface area contributed by atoms with Crippen LogP contribution in [0.5, 0.6) is 0 Å². The van der Waals surface area contributed by atoms with E-state index in [4.69, 9.17) is 0 Å². The van der Waals surface area contributed by atoms with Gasteiger partial charge in [-0.1, -0.05) is 168 Å². The summed E-state index contributed by atoms with van der Waals surface area (Å²) in [6.07, 6.45) is 32.7. The molecule has 0 N–H and O–H groups in total. The molecular formula is C44H58Cl2P2SiZr-2. The molecule has 6 rings (SSSR count). The standard InChI is InChI=1S/2C21H26P.C2H6Si.2ClH.Zr/c2*1-3-5-10-17-14-18-16-20(11-6-4-2)22(21(18)15-17)19-12-8-7-9-13-19;1-3-2;;;/h2*7-9,12-13,15-16,20H,3-6,10-11H2,1-2H3;1-2H3;2*1H;/q2*-1;;;;+2/p-2. The monoisotopic (exact) mass is 836 g/mol. The van der Waals surface area contributed by atoms with Crippen LogP contribution in [0, 0.1) is 12.2 Å². The maximum absolute atomic E-state index is 3.70. The van der Waals surface area contributed by atoms with Gasteiger partial charge in [-0.3, -0.25) is 0 Å². The molecule has 0 aromatic heterocycles. The van der Waals surface area contributed by atoms with E-state index in [1.807, 2.05) is 0 Å². The Hall–Kier alpha value is -0.580. The zero-order valence-corrected chi connectivity index (χ0v) is 38.1. The summed E-state index contributed by atoms with van der Waals surface area (Å²) in [6.45, 7) is 13.7. The molecule has 0 nitrogen and oxygen atoms in total. The fourth-order valence-electron chi connectivity index (χ4n) is 6.67. The number of benzene rings is 2. The van der Waals surface area contributed by atoms with E-state index >= 15 is 0 Å². The molecule has 2 heterocycles. The minimum Gasteiger partial charge on any atom is -1.00 e. The van der Waals surface area contributed by atoms with E-state index in [0.717, 1.165) is 11.3 Å². The van der Waals surface area contributed by atoms with Crippen LogP contribution in [-0.4, -0.2) is 16.8 Å². The van der Waals surface area contributed by atoms with Crippen molar-refractivity contribution < 1.29 is 48.1 Å². The van der Waals surface area contributed by atoms with Crippen molar-refractivity contribution in [1.82, 2.24) is 0 Å². The van der Waals surface area contributed by atoms with Crippen LogP contribution < -0.4 is 35.4 Å². The molecule has 0 spiro atoms. The smallest absolute Gasteiger partial charge is 1.00 e. The summed E-state index contributed by atoms with van der Waals surface area (Å²) >= 11 is 1.74. The van der Waals surface area contributed by atoms with Crippen LogP contribution in [0.3, 0.4) is 0 Å². The molecule has 0 fully saturated rings. The first kappa shape index (κ1) is 45.6. The van der Waals surface area contributed by atoms with Crippen molar-refractivity contribution in [3.8, 4) is 0 Å². The minimum atomic E-state index is -0.212. The van der Waals surface area contributed by atoms with Crippen LogP contribution in [0.25, 0.3) is 0 Å². The van der Waals surface area contributed by atoms with Crippen LogP contribution in [0.4, 0.5) is 0 Å². The van der Waals surface area contributed by atoms with E-state index in [2.05, 4.69) is 138 Å². The summed E-state index contributed by atoms with van der Waals surface area (Å²) in [7, 11) is -0.424. The van der Waals surface area contributed by atoms with E-state index in [-0.39, 0.29) is 46.1 Å². The molecule has 0 saturated carbocycles. The topological polar surface area (TPSA) is 0 Å². The molecule has 6 heteroatoms. The van der Waals surface area contributed by atoms with E-state index in [0.29, 0.717) is 0 Å². The van der Waals surface area contributed by atoms with Gasteiger partial charge in [0.15, 0.2) is 0 Å². The van der Waals surface area contributed by atoms with Gasteiger partial charge in [0.05, 0.1) is 0 Å². The Morgan fingerprint density at radius 2 is 0.920 bits per heavy atom. The van der Waals surface area contributed by atoms with Gasteiger partial charge in [0.1, 0.15) is 0 Å². The average Bonchev–Trinajstić information content (AvgIpc) is 3.84. The molecule has 0 bridgehead atoms. The van der Waals surface area contributed by atoms with Crippen molar-refractivity contribution in [2.75, 3.05) is 0 Å². The molecule has 50 heavy (non-hydrogen) atoms. The Bertz CT molecular complexity index is 1410. The third-order valence-electron chi connectivity index (χ3n) is 9.04. The Labute approximate surface area is 336 Å². The summed E-state index contributed by atoms with van der Waals surface area (Å²) < 4.78 is 0. The molecule has 4 aliphatic rings. The van der Waals surface area contributed by atoms with Crippen molar-refractivity contribution >= 4 is 31.9 Å². The van der Waals surface area contributed by atoms with Crippen LogP contribution >= 0.6 is 15.8 Å². The van der Waals surface area contributed by atoms with Gasteiger partial charge < -0.3 is 24.8 Å².